The first-order valence-corrected chi connectivity index (χ1v) is 7.01. The fourth-order valence-electron chi connectivity index (χ4n) is 3.97. The van der Waals surface area contributed by atoms with Gasteiger partial charge < -0.3 is 0 Å². The normalized spacial score (nSPS) is 23.6. The minimum absolute atomic E-state index is 0.381. The molecule has 0 unspecified atom stereocenters. The van der Waals surface area contributed by atoms with Crippen LogP contribution in [0, 0.1) is 12.3 Å². The Hall–Kier alpha value is -0.920. The number of fused-ring (bicyclic) bond motifs is 1. The number of benzene rings is 1. The second-order valence-electron chi connectivity index (χ2n) is 5.99. The minimum atomic E-state index is -2.61. The molecule has 1 fully saturated rings. The first kappa shape index (κ1) is 12.1. The van der Waals surface area contributed by atoms with Crippen molar-refractivity contribution in [3.05, 3.63) is 34.4 Å². The first-order valence-electron chi connectivity index (χ1n) is 7.01. The maximum Gasteiger partial charge on any atom is 0.279 e. The molecule has 2 heteroatoms. The van der Waals surface area contributed by atoms with E-state index in [0.717, 1.165) is 29.5 Å². The molecule has 1 spiro atoms. The van der Waals surface area contributed by atoms with Gasteiger partial charge in [0, 0.05) is 11.0 Å². The Labute approximate surface area is 107 Å². The SMILES string of the molecule is CCc1ccc(C)c2c1C(F)(F)C1(CCCC1)C2. The molecule has 0 aliphatic heterocycles. The van der Waals surface area contributed by atoms with E-state index in [1.54, 1.807) is 0 Å². The summed E-state index contributed by atoms with van der Waals surface area (Å²) in [4.78, 5) is 0. The molecule has 2 aliphatic carbocycles. The molecule has 1 saturated carbocycles. The molecule has 18 heavy (non-hydrogen) atoms. The molecule has 0 atom stereocenters. The van der Waals surface area contributed by atoms with Crippen LogP contribution in [0.4, 0.5) is 8.78 Å². The largest absolute Gasteiger partial charge is 0.279 e. The van der Waals surface area contributed by atoms with Crippen molar-refractivity contribution in [3.8, 4) is 0 Å². The molecule has 98 valence electrons. The highest BCUT2D eigenvalue weighted by Crippen LogP contribution is 2.62. The number of halogens is 2. The van der Waals surface area contributed by atoms with Crippen LogP contribution in [-0.4, -0.2) is 0 Å². The summed E-state index contributed by atoms with van der Waals surface area (Å²) < 4.78 is 29.8. The number of aryl methyl sites for hydroxylation is 2. The van der Waals surface area contributed by atoms with E-state index in [-0.39, 0.29) is 0 Å². The molecular formula is C16H20F2. The maximum absolute atomic E-state index is 14.9. The Morgan fingerprint density at radius 1 is 1.17 bits per heavy atom. The summed E-state index contributed by atoms with van der Waals surface area (Å²) in [6.45, 7) is 3.95. The molecule has 0 N–H and O–H groups in total. The number of hydrogen-bond acceptors (Lipinski definition) is 0. The highest BCUT2D eigenvalue weighted by Gasteiger charge is 2.61. The van der Waals surface area contributed by atoms with E-state index in [1.165, 1.54) is 0 Å². The van der Waals surface area contributed by atoms with Gasteiger partial charge in [-0.25, -0.2) is 8.78 Å². The monoisotopic (exact) mass is 250 g/mol. The molecule has 0 saturated heterocycles. The van der Waals surface area contributed by atoms with Gasteiger partial charge in [0.1, 0.15) is 0 Å². The van der Waals surface area contributed by atoms with E-state index >= 15 is 0 Å². The zero-order valence-corrected chi connectivity index (χ0v) is 11.2. The van der Waals surface area contributed by atoms with Crippen LogP contribution < -0.4 is 0 Å². The van der Waals surface area contributed by atoms with Crippen molar-refractivity contribution in [3.63, 3.8) is 0 Å². The smallest absolute Gasteiger partial charge is 0.201 e. The van der Waals surface area contributed by atoms with Gasteiger partial charge in [-0.05, 0) is 49.3 Å². The van der Waals surface area contributed by atoms with Gasteiger partial charge in [0.05, 0.1) is 0 Å². The van der Waals surface area contributed by atoms with Crippen molar-refractivity contribution in [1.82, 2.24) is 0 Å². The fraction of sp³-hybridized carbons (Fsp3) is 0.625. The molecule has 2 aliphatic rings. The maximum atomic E-state index is 14.9. The number of rotatable bonds is 1. The van der Waals surface area contributed by atoms with Gasteiger partial charge in [-0.2, -0.15) is 0 Å². The molecule has 0 amide bonds. The predicted octanol–water partition coefficient (Wildman–Crippen LogP) is 4.77. The van der Waals surface area contributed by atoms with Crippen LogP contribution in [0.5, 0.6) is 0 Å². The predicted molar refractivity (Wildman–Crippen MR) is 69.1 cm³/mol. The summed E-state index contributed by atoms with van der Waals surface area (Å²) in [5.41, 5.74) is 2.47. The van der Waals surface area contributed by atoms with Crippen molar-refractivity contribution < 1.29 is 8.78 Å². The lowest BCUT2D eigenvalue weighted by Gasteiger charge is -2.31. The van der Waals surface area contributed by atoms with E-state index in [0.29, 0.717) is 31.2 Å². The van der Waals surface area contributed by atoms with Crippen molar-refractivity contribution in [2.45, 2.75) is 58.3 Å². The van der Waals surface area contributed by atoms with Gasteiger partial charge in [-0.15, -0.1) is 0 Å². The molecule has 3 rings (SSSR count). The van der Waals surface area contributed by atoms with Gasteiger partial charge >= 0.3 is 0 Å². The molecule has 0 aromatic heterocycles. The Bertz CT molecular complexity index is 482. The van der Waals surface area contributed by atoms with Crippen molar-refractivity contribution >= 4 is 0 Å². The first-order chi connectivity index (χ1) is 8.52. The molecule has 0 radical (unpaired) electrons. The van der Waals surface area contributed by atoms with E-state index in [4.69, 9.17) is 0 Å². The summed E-state index contributed by atoms with van der Waals surface area (Å²) in [5.74, 6) is -2.61. The quantitative estimate of drug-likeness (QED) is 0.673. The highest BCUT2D eigenvalue weighted by molar-refractivity contribution is 5.49. The van der Waals surface area contributed by atoms with Crippen LogP contribution in [0.1, 0.15) is 54.9 Å². The average Bonchev–Trinajstić information content (AvgIpc) is 2.89. The van der Waals surface area contributed by atoms with Crippen LogP contribution in [0.2, 0.25) is 0 Å². The van der Waals surface area contributed by atoms with E-state index in [1.807, 2.05) is 26.0 Å². The third-order valence-electron chi connectivity index (χ3n) is 5.07. The van der Waals surface area contributed by atoms with Gasteiger partial charge in [0.2, 0.25) is 0 Å². The van der Waals surface area contributed by atoms with E-state index in [2.05, 4.69) is 0 Å². The zero-order valence-electron chi connectivity index (χ0n) is 11.2. The Balaban J connectivity index is 2.21. The fourth-order valence-corrected chi connectivity index (χ4v) is 3.97. The lowest BCUT2D eigenvalue weighted by molar-refractivity contribution is -0.115. The molecule has 0 bridgehead atoms. The molecule has 0 heterocycles. The van der Waals surface area contributed by atoms with E-state index in [9.17, 15) is 8.78 Å². The number of alkyl halides is 2. The van der Waals surface area contributed by atoms with Crippen molar-refractivity contribution in [1.29, 1.82) is 0 Å². The Kier molecular flexibility index (Phi) is 2.55. The Morgan fingerprint density at radius 3 is 2.44 bits per heavy atom. The van der Waals surface area contributed by atoms with Gasteiger partial charge in [0.15, 0.2) is 0 Å². The van der Waals surface area contributed by atoms with Crippen LogP contribution in [-0.2, 0) is 18.8 Å². The molecule has 1 aromatic carbocycles. The third kappa shape index (κ3) is 1.35. The Morgan fingerprint density at radius 2 is 1.83 bits per heavy atom. The topological polar surface area (TPSA) is 0 Å². The van der Waals surface area contributed by atoms with E-state index < -0.39 is 11.3 Å². The second kappa shape index (κ2) is 3.79. The third-order valence-corrected chi connectivity index (χ3v) is 5.07. The standard InChI is InChI=1S/C16H20F2/c1-3-12-7-6-11(2)13-10-15(8-4-5-9-15)16(17,18)14(12)13/h6-7H,3-5,8-10H2,1-2H3. The van der Waals surface area contributed by atoms with Crippen molar-refractivity contribution in [2.24, 2.45) is 5.41 Å². The summed E-state index contributed by atoms with van der Waals surface area (Å²) >= 11 is 0. The van der Waals surface area contributed by atoms with Crippen LogP contribution in [0.25, 0.3) is 0 Å². The summed E-state index contributed by atoms with van der Waals surface area (Å²) in [7, 11) is 0. The van der Waals surface area contributed by atoms with Gasteiger partial charge in [-0.3, -0.25) is 0 Å². The summed E-state index contributed by atoms with van der Waals surface area (Å²) in [5, 5.41) is 0. The van der Waals surface area contributed by atoms with Crippen LogP contribution in [0.3, 0.4) is 0 Å². The minimum Gasteiger partial charge on any atom is -0.201 e. The highest BCUT2D eigenvalue weighted by atomic mass is 19.3. The lowest BCUT2D eigenvalue weighted by atomic mass is 9.79. The average molecular weight is 250 g/mol. The lowest BCUT2D eigenvalue weighted by Crippen LogP contribution is -2.33. The summed E-state index contributed by atoms with van der Waals surface area (Å²) in [6, 6.07) is 3.91. The molecule has 0 nitrogen and oxygen atoms in total. The number of hydrogen-bond donors (Lipinski definition) is 0. The summed E-state index contributed by atoms with van der Waals surface area (Å²) in [6.07, 6.45) is 4.60. The second-order valence-corrected chi connectivity index (χ2v) is 5.99. The molecule has 1 aromatic rings. The zero-order chi connectivity index (χ0) is 13.0. The van der Waals surface area contributed by atoms with Crippen molar-refractivity contribution in [2.75, 3.05) is 0 Å². The van der Waals surface area contributed by atoms with Crippen LogP contribution in [0.15, 0.2) is 12.1 Å². The van der Waals surface area contributed by atoms with Crippen LogP contribution >= 0.6 is 0 Å². The molecular weight excluding hydrogens is 230 g/mol. The van der Waals surface area contributed by atoms with Gasteiger partial charge in [-0.1, -0.05) is 31.9 Å². The van der Waals surface area contributed by atoms with Gasteiger partial charge in [0.25, 0.3) is 5.92 Å².